The molecular weight excluding hydrogens is 274 g/mol. The highest BCUT2D eigenvalue weighted by Crippen LogP contribution is 2.25. The first-order chi connectivity index (χ1) is 8.54. The van der Waals surface area contributed by atoms with Gasteiger partial charge in [0.25, 0.3) is 0 Å². The van der Waals surface area contributed by atoms with Gasteiger partial charge in [0.2, 0.25) is 0 Å². The Morgan fingerprint density at radius 2 is 2.11 bits per heavy atom. The summed E-state index contributed by atoms with van der Waals surface area (Å²) < 4.78 is 14.1. The predicted octanol–water partition coefficient (Wildman–Crippen LogP) is 0.958. The molecule has 0 radical (unpaired) electrons. The molecule has 0 aliphatic rings. The van der Waals surface area contributed by atoms with Crippen molar-refractivity contribution >= 4 is 35.7 Å². The molecule has 0 amide bonds. The lowest BCUT2D eigenvalue weighted by atomic mass is 9.79. The first-order valence-electron chi connectivity index (χ1n) is 5.13. The van der Waals surface area contributed by atoms with Gasteiger partial charge in [-0.3, -0.25) is 0 Å². The average molecular weight is 284 g/mol. The number of hydrogen-bond acceptors (Lipinski definition) is 6. The molecule has 0 atom stereocenters. The third-order valence-corrected chi connectivity index (χ3v) is 4.19. The summed E-state index contributed by atoms with van der Waals surface area (Å²) in [6, 6.07) is 4.04. The Kier molecular flexibility index (Phi) is 4.33. The van der Waals surface area contributed by atoms with Crippen LogP contribution in [0.4, 0.5) is 4.39 Å². The number of hydrogen-bond donors (Lipinski definition) is 2. The number of nitrogens with zero attached hydrogens (tertiary/aromatic N) is 2. The highest BCUT2D eigenvalue weighted by atomic mass is 32.2. The molecule has 0 unspecified atom stereocenters. The number of thioether (sulfide) groups is 1. The maximum absolute atomic E-state index is 13.3. The van der Waals surface area contributed by atoms with E-state index in [2.05, 4.69) is 10.2 Å². The Morgan fingerprint density at radius 3 is 2.72 bits per heavy atom. The maximum Gasteiger partial charge on any atom is 0.488 e. The molecule has 0 saturated carbocycles. The Balaban J connectivity index is 2.09. The molecular formula is C10H10BFN2O2S2. The zero-order valence-electron chi connectivity index (χ0n) is 9.50. The van der Waals surface area contributed by atoms with Crippen LogP contribution in [0.2, 0.25) is 0 Å². The molecule has 2 rings (SSSR count). The van der Waals surface area contributed by atoms with Crippen molar-refractivity contribution in [3.8, 4) is 0 Å². The van der Waals surface area contributed by atoms with Gasteiger partial charge in [0.1, 0.15) is 10.8 Å². The number of halogens is 1. The van der Waals surface area contributed by atoms with Crippen molar-refractivity contribution < 1.29 is 14.4 Å². The molecule has 94 valence electrons. The number of aromatic nitrogens is 2. The fraction of sp³-hybridized carbons (Fsp3) is 0.200. The van der Waals surface area contributed by atoms with Crippen LogP contribution in [0.15, 0.2) is 22.5 Å². The van der Waals surface area contributed by atoms with E-state index in [4.69, 9.17) is 10.0 Å². The molecule has 0 aliphatic heterocycles. The fourth-order valence-electron chi connectivity index (χ4n) is 1.39. The van der Waals surface area contributed by atoms with Crippen LogP contribution in [0.25, 0.3) is 0 Å². The lowest BCUT2D eigenvalue weighted by molar-refractivity contribution is 0.425. The summed E-state index contributed by atoms with van der Waals surface area (Å²) in [5.74, 6) is 0.0243. The summed E-state index contributed by atoms with van der Waals surface area (Å²) in [5.41, 5.74) is 0.829. The summed E-state index contributed by atoms with van der Waals surface area (Å²) in [6.07, 6.45) is 0. The van der Waals surface area contributed by atoms with Crippen molar-refractivity contribution in [2.75, 3.05) is 0 Å². The van der Waals surface area contributed by atoms with Gasteiger partial charge in [-0.15, -0.1) is 10.2 Å². The molecule has 2 aromatic rings. The standard InChI is InChI=1S/C10H10BFN2O2S2/c1-6-13-14-10(18-6)17-5-7-2-8(11(15)16)4-9(12)3-7/h2-4,15-16H,5H2,1H3. The van der Waals surface area contributed by atoms with Crippen LogP contribution in [-0.2, 0) is 5.75 Å². The van der Waals surface area contributed by atoms with Gasteiger partial charge in [-0.1, -0.05) is 29.2 Å². The molecule has 18 heavy (non-hydrogen) atoms. The van der Waals surface area contributed by atoms with Gasteiger partial charge < -0.3 is 10.0 Å². The number of rotatable bonds is 4. The van der Waals surface area contributed by atoms with Crippen LogP contribution >= 0.6 is 23.1 Å². The van der Waals surface area contributed by atoms with Gasteiger partial charge in [-0.2, -0.15) is 0 Å². The molecule has 1 aromatic carbocycles. The second-order valence-electron chi connectivity index (χ2n) is 3.64. The second kappa shape index (κ2) is 5.79. The molecule has 0 fully saturated rings. The van der Waals surface area contributed by atoms with Crippen LogP contribution in [0.5, 0.6) is 0 Å². The van der Waals surface area contributed by atoms with E-state index >= 15 is 0 Å². The average Bonchev–Trinajstić information content (AvgIpc) is 2.72. The minimum Gasteiger partial charge on any atom is -0.423 e. The molecule has 0 bridgehead atoms. The van der Waals surface area contributed by atoms with E-state index in [1.54, 1.807) is 6.07 Å². The molecule has 1 aromatic heterocycles. The third-order valence-electron chi connectivity index (χ3n) is 2.15. The van der Waals surface area contributed by atoms with Crippen LogP contribution in [0.1, 0.15) is 10.6 Å². The van der Waals surface area contributed by atoms with E-state index in [-0.39, 0.29) is 5.46 Å². The Labute approximate surface area is 112 Å². The summed E-state index contributed by atoms with van der Waals surface area (Å²) in [6.45, 7) is 1.87. The van der Waals surface area contributed by atoms with Crippen molar-refractivity contribution in [2.24, 2.45) is 0 Å². The largest absolute Gasteiger partial charge is 0.488 e. The summed E-state index contributed by atoms with van der Waals surface area (Å²) in [7, 11) is -1.66. The minimum absolute atomic E-state index is 0.152. The monoisotopic (exact) mass is 284 g/mol. The van der Waals surface area contributed by atoms with E-state index in [1.165, 1.54) is 29.2 Å². The maximum atomic E-state index is 13.3. The van der Waals surface area contributed by atoms with Gasteiger partial charge in [-0.25, -0.2) is 4.39 Å². The van der Waals surface area contributed by atoms with E-state index in [0.29, 0.717) is 11.3 Å². The van der Waals surface area contributed by atoms with Gasteiger partial charge >= 0.3 is 7.12 Å². The van der Waals surface area contributed by atoms with Crippen molar-refractivity contribution in [1.29, 1.82) is 0 Å². The molecule has 0 saturated heterocycles. The predicted molar refractivity (Wildman–Crippen MR) is 70.4 cm³/mol. The minimum atomic E-state index is -1.66. The van der Waals surface area contributed by atoms with Crippen molar-refractivity contribution in [3.63, 3.8) is 0 Å². The number of benzene rings is 1. The lowest BCUT2D eigenvalue weighted by Gasteiger charge is -2.04. The van der Waals surface area contributed by atoms with Crippen molar-refractivity contribution in [2.45, 2.75) is 17.0 Å². The van der Waals surface area contributed by atoms with Crippen LogP contribution in [0, 0.1) is 12.7 Å². The topological polar surface area (TPSA) is 66.2 Å². The highest BCUT2D eigenvalue weighted by molar-refractivity contribution is 8.00. The first-order valence-corrected chi connectivity index (χ1v) is 6.93. The van der Waals surface area contributed by atoms with Gasteiger partial charge in [0, 0.05) is 5.75 Å². The SMILES string of the molecule is Cc1nnc(SCc2cc(F)cc(B(O)O)c2)s1. The molecule has 1 heterocycles. The van der Waals surface area contributed by atoms with Crippen molar-refractivity contribution in [3.05, 3.63) is 34.6 Å². The van der Waals surface area contributed by atoms with Crippen LogP contribution in [-0.4, -0.2) is 27.4 Å². The third kappa shape index (κ3) is 3.52. The van der Waals surface area contributed by atoms with Gasteiger partial charge in [-0.05, 0) is 30.1 Å². The highest BCUT2D eigenvalue weighted by Gasteiger charge is 2.13. The smallest absolute Gasteiger partial charge is 0.423 e. The first kappa shape index (κ1) is 13.5. The quantitative estimate of drug-likeness (QED) is 0.646. The summed E-state index contributed by atoms with van der Waals surface area (Å²) in [5, 5.41) is 26.8. The van der Waals surface area contributed by atoms with E-state index < -0.39 is 12.9 Å². The normalized spacial score (nSPS) is 10.7. The lowest BCUT2D eigenvalue weighted by Crippen LogP contribution is -2.30. The Bertz CT molecular complexity index is 550. The van der Waals surface area contributed by atoms with E-state index in [1.807, 2.05) is 6.92 Å². The second-order valence-corrected chi connectivity index (χ2v) is 6.05. The summed E-state index contributed by atoms with van der Waals surface area (Å²) in [4.78, 5) is 0. The van der Waals surface area contributed by atoms with E-state index in [0.717, 1.165) is 15.4 Å². The van der Waals surface area contributed by atoms with E-state index in [9.17, 15) is 4.39 Å². The molecule has 2 N–H and O–H groups in total. The van der Waals surface area contributed by atoms with Crippen LogP contribution < -0.4 is 5.46 Å². The Morgan fingerprint density at radius 1 is 1.33 bits per heavy atom. The molecule has 8 heteroatoms. The molecule has 0 spiro atoms. The Hall–Kier alpha value is -0.955. The zero-order chi connectivity index (χ0) is 13.1. The van der Waals surface area contributed by atoms with Gasteiger partial charge in [0.05, 0.1) is 0 Å². The fourth-order valence-corrected chi connectivity index (χ4v) is 3.14. The zero-order valence-corrected chi connectivity index (χ0v) is 11.1. The van der Waals surface area contributed by atoms with Gasteiger partial charge in [0.15, 0.2) is 4.34 Å². The molecule has 0 aliphatic carbocycles. The number of aryl methyl sites for hydroxylation is 1. The summed E-state index contributed by atoms with van der Waals surface area (Å²) >= 11 is 2.91. The van der Waals surface area contributed by atoms with Crippen LogP contribution in [0.3, 0.4) is 0 Å². The van der Waals surface area contributed by atoms with Crippen molar-refractivity contribution in [1.82, 2.24) is 10.2 Å². The molecule has 4 nitrogen and oxygen atoms in total.